The summed E-state index contributed by atoms with van der Waals surface area (Å²) in [5.41, 5.74) is 15.3. The largest absolute Gasteiger partial charge is 0.376 e. The van der Waals surface area contributed by atoms with Crippen LogP contribution >= 0.6 is 46.4 Å². The third kappa shape index (κ3) is 8.43. The number of aromatic nitrogens is 4. The van der Waals surface area contributed by atoms with Crippen molar-refractivity contribution in [2.45, 2.75) is 117 Å². The van der Waals surface area contributed by atoms with Gasteiger partial charge in [-0.15, -0.1) is 0 Å². The van der Waals surface area contributed by atoms with Crippen molar-refractivity contribution in [3.8, 4) is 11.4 Å². The molecule has 8 rings (SSSR count). The van der Waals surface area contributed by atoms with Crippen LogP contribution in [0, 0.1) is 24.7 Å². The highest BCUT2D eigenvalue weighted by atomic mass is 35.5. The fraction of sp³-hybridized carbons (Fsp3) is 0.565. The Morgan fingerprint density at radius 3 is 1.26 bits per heavy atom. The van der Waals surface area contributed by atoms with E-state index in [1.807, 2.05) is 55.4 Å². The van der Waals surface area contributed by atoms with E-state index in [1.54, 1.807) is 45.5 Å². The fourth-order valence-corrected chi connectivity index (χ4v) is 10.7. The molecule has 2 aromatic heterocycles. The first-order valence-electron chi connectivity index (χ1n) is 21.7. The molecule has 4 aromatic rings. The second-order valence-electron chi connectivity index (χ2n) is 18.3. The zero-order valence-corrected chi connectivity index (χ0v) is 40.0. The number of nitrogens with zero attached hydrogens (tertiary/aromatic N) is 6. The number of piperidine rings is 2. The van der Waals surface area contributed by atoms with Gasteiger partial charge in [0.2, 0.25) is 0 Å². The van der Waals surface area contributed by atoms with Gasteiger partial charge in [-0.05, 0) is 89.5 Å². The van der Waals surface area contributed by atoms with E-state index in [0.717, 1.165) is 63.5 Å². The van der Waals surface area contributed by atoms with E-state index in [9.17, 15) is 9.59 Å². The van der Waals surface area contributed by atoms with Crippen molar-refractivity contribution in [1.29, 1.82) is 0 Å². The highest BCUT2D eigenvalue weighted by molar-refractivity contribution is 6.43. The van der Waals surface area contributed by atoms with Crippen LogP contribution in [0.1, 0.15) is 102 Å². The number of benzene rings is 2. The number of rotatable bonds is 6. The van der Waals surface area contributed by atoms with E-state index in [-0.39, 0.29) is 58.1 Å². The van der Waals surface area contributed by atoms with Gasteiger partial charge >= 0.3 is 0 Å². The van der Waals surface area contributed by atoms with E-state index in [1.165, 1.54) is 0 Å². The van der Waals surface area contributed by atoms with Crippen LogP contribution < -0.4 is 32.4 Å². The number of ether oxygens (including phenoxy) is 2. The Hall–Kier alpha value is -3.20. The van der Waals surface area contributed by atoms with Gasteiger partial charge in [-0.3, -0.25) is 18.7 Å². The third-order valence-corrected chi connectivity index (χ3v) is 15.5. The molecule has 0 unspecified atom stereocenters. The van der Waals surface area contributed by atoms with Crippen molar-refractivity contribution in [3.05, 3.63) is 100.0 Å². The van der Waals surface area contributed by atoms with Crippen LogP contribution in [-0.4, -0.2) is 82.8 Å². The van der Waals surface area contributed by atoms with Crippen LogP contribution in [0.15, 0.2) is 46.0 Å². The molecule has 0 bridgehead atoms. The average Bonchev–Trinajstić information content (AvgIpc) is 3.66. The third-order valence-electron chi connectivity index (χ3n) is 13.8. The number of hydrogen-bond acceptors (Lipinski definition) is 10. The molecule has 2 spiro atoms. The van der Waals surface area contributed by atoms with Crippen molar-refractivity contribution in [2.75, 3.05) is 49.2 Å². The highest BCUT2D eigenvalue weighted by Crippen LogP contribution is 2.44. The molecule has 4 aliphatic heterocycles. The SMILES string of the molecule is Cc1nc(N2CCC3(CC2)CO[C@@H](C)[C@H]3N)c(C(C)C)c(=O)n1-c1cccc(Cl)c1Cl.Cc1nc(N2CCC3(CC2)CO[C@@H](C)[C@H]3N)c(C(C)C)c(=O)n1-c1cccc(Cl)c1Cl. The summed E-state index contributed by atoms with van der Waals surface area (Å²) in [5.74, 6) is 2.72. The number of anilines is 2. The predicted molar refractivity (Wildman–Crippen MR) is 252 cm³/mol. The molecule has 2 aromatic carbocycles. The zero-order chi connectivity index (χ0) is 45.0. The normalized spacial score (nSPS) is 23.2. The highest BCUT2D eigenvalue weighted by Gasteiger charge is 2.49. The van der Waals surface area contributed by atoms with Gasteiger partial charge in [-0.1, -0.05) is 86.2 Å². The maximum absolute atomic E-state index is 13.7. The number of halogens is 4. The van der Waals surface area contributed by atoms with E-state index < -0.39 is 0 Å². The van der Waals surface area contributed by atoms with E-state index >= 15 is 0 Å². The topological polar surface area (TPSA) is 147 Å². The molecule has 0 radical (unpaired) electrons. The van der Waals surface area contributed by atoms with Crippen LogP contribution in [0.4, 0.5) is 11.6 Å². The Kier molecular flexibility index (Phi) is 13.8. The first-order chi connectivity index (χ1) is 29.3. The minimum atomic E-state index is -0.100. The molecule has 336 valence electrons. The Morgan fingerprint density at radius 2 is 0.968 bits per heavy atom. The molecule has 16 heteroatoms. The molecule has 12 nitrogen and oxygen atoms in total. The Morgan fingerprint density at radius 1 is 0.629 bits per heavy atom. The van der Waals surface area contributed by atoms with Gasteiger partial charge in [0.15, 0.2) is 0 Å². The van der Waals surface area contributed by atoms with E-state index in [2.05, 4.69) is 9.80 Å². The van der Waals surface area contributed by atoms with Gasteiger partial charge in [0.1, 0.15) is 23.3 Å². The van der Waals surface area contributed by atoms with Gasteiger partial charge in [0, 0.05) is 49.1 Å². The maximum atomic E-state index is 13.7. The quantitative estimate of drug-likeness (QED) is 0.193. The van der Waals surface area contributed by atoms with Gasteiger partial charge in [0.25, 0.3) is 11.1 Å². The molecule has 4 aliphatic rings. The second kappa shape index (κ2) is 18.4. The van der Waals surface area contributed by atoms with Gasteiger partial charge in [-0.25, -0.2) is 9.97 Å². The molecule has 4 N–H and O–H groups in total. The lowest BCUT2D eigenvalue weighted by atomic mass is 9.73. The molecular weight excluding hydrogens is 870 g/mol. The van der Waals surface area contributed by atoms with Gasteiger partial charge < -0.3 is 30.7 Å². The lowest BCUT2D eigenvalue weighted by Gasteiger charge is -2.42. The van der Waals surface area contributed by atoms with Crippen LogP contribution in [0.2, 0.25) is 20.1 Å². The first kappa shape index (κ1) is 46.8. The van der Waals surface area contributed by atoms with Crippen LogP contribution in [0.3, 0.4) is 0 Å². The van der Waals surface area contributed by atoms with Crippen molar-refractivity contribution >= 4 is 58.0 Å². The molecule has 4 atom stereocenters. The lowest BCUT2D eigenvalue weighted by molar-refractivity contribution is 0.0973. The monoisotopic (exact) mass is 928 g/mol. The first-order valence-corrected chi connectivity index (χ1v) is 23.2. The molecule has 6 heterocycles. The van der Waals surface area contributed by atoms with E-state index in [4.69, 9.17) is 77.3 Å². The minimum Gasteiger partial charge on any atom is -0.376 e. The Labute approximate surface area is 384 Å². The van der Waals surface area contributed by atoms with Crippen molar-refractivity contribution < 1.29 is 9.47 Å². The molecule has 0 aliphatic carbocycles. The molecule has 62 heavy (non-hydrogen) atoms. The summed E-state index contributed by atoms with van der Waals surface area (Å²) in [7, 11) is 0. The smallest absolute Gasteiger partial charge is 0.263 e. The Balaban J connectivity index is 0.000000186. The van der Waals surface area contributed by atoms with Crippen LogP contribution in [0.25, 0.3) is 11.4 Å². The van der Waals surface area contributed by atoms with Gasteiger partial charge in [-0.2, -0.15) is 0 Å². The van der Waals surface area contributed by atoms with Crippen LogP contribution in [0.5, 0.6) is 0 Å². The molecular formula is C46H60Cl4N8O4. The van der Waals surface area contributed by atoms with Crippen molar-refractivity contribution in [1.82, 2.24) is 19.1 Å². The maximum Gasteiger partial charge on any atom is 0.263 e. The zero-order valence-electron chi connectivity index (χ0n) is 37.0. The second-order valence-corrected chi connectivity index (χ2v) is 19.9. The average molecular weight is 931 g/mol. The summed E-state index contributed by atoms with van der Waals surface area (Å²) in [6.45, 7) is 20.5. The molecule has 4 fully saturated rings. The van der Waals surface area contributed by atoms with Crippen molar-refractivity contribution in [2.24, 2.45) is 22.3 Å². The lowest BCUT2D eigenvalue weighted by Crippen LogP contribution is -2.51. The molecule has 4 saturated heterocycles. The van der Waals surface area contributed by atoms with Crippen LogP contribution in [-0.2, 0) is 9.47 Å². The standard InChI is InChI=1S/2C23H30Cl2N4O2/c2*1-13(2)18-21(28-10-8-23(9-11-28)12-31-14(3)20(23)26)27-15(4)29(22(18)30)17-7-5-6-16(24)19(17)25/h2*5-7,13-14,20H,8-12,26H2,1-4H3/t2*14-,20+/m00/s1. The molecule has 0 amide bonds. The fourth-order valence-electron chi connectivity index (χ4n) is 9.92. The van der Waals surface area contributed by atoms with E-state index in [0.29, 0.717) is 67.5 Å². The summed E-state index contributed by atoms with van der Waals surface area (Å²) in [5, 5.41) is 1.52. The summed E-state index contributed by atoms with van der Waals surface area (Å²) < 4.78 is 14.8. The number of aryl methyl sites for hydroxylation is 2. The van der Waals surface area contributed by atoms with Crippen molar-refractivity contribution in [3.63, 3.8) is 0 Å². The number of hydrogen-bond donors (Lipinski definition) is 2. The minimum absolute atomic E-state index is 0.00721. The summed E-state index contributed by atoms with van der Waals surface area (Å²) >= 11 is 25.3. The predicted octanol–water partition coefficient (Wildman–Crippen LogP) is 8.61. The molecule has 0 saturated carbocycles. The summed E-state index contributed by atoms with van der Waals surface area (Å²) in [4.78, 5) is 41.6. The Bertz CT molecular complexity index is 2260. The van der Waals surface area contributed by atoms with Gasteiger partial charge in [0.05, 0.1) is 68.0 Å². The summed E-state index contributed by atoms with van der Waals surface area (Å²) in [6.07, 6.45) is 3.90. The summed E-state index contributed by atoms with van der Waals surface area (Å²) in [6, 6.07) is 10.7. The number of nitrogens with two attached hydrogens (primary N) is 2.